The number of carboxylic acids is 1. The molecule has 4 heteroatoms. The highest BCUT2D eigenvalue weighted by atomic mass is 16.4. The third kappa shape index (κ3) is 2.56. The lowest BCUT2D eigenvalue weighted by molar-refractivity contribution is 0.0698. The van der Waals surface area contributed by atoms with Gasteiger partial charge >= 0.3 is 5.97 Å². The molecule has 0 atom stereocenters. The Morgan fingerprint density at radius 1 is 1.38 bits per heavy atom. The standard InChI is InChI=1S/C17H24N2O2/c1-5-13-11(4)19(7-6-18)16-14(13)8-12(10(2)3)9-15(16)17(20)21/h8-10H,5-7,18H2,1-4H3,(H,20,21). The molecule has 114 valence electrons. The van der Waals surface area contributed by atoms with Crippen LogP contribution in [0.5, 0.6) is 0 Å². The first kappa shape index (κ1) is 15.6. The van der Waals surface area contributed by atoms with Gasteiger partial charge in [-0.3, -0.25) is 0 Å². The Labute approximate surface area is 125 Å². The molecule has 0 aliphatic heterocycles. The number of carboxylic acid groups (broad SMARTS) is 1. The molecule has 2 aromatic rings. The molecule has 21 heavy (non-hydrogen) atoms. The predicted octanol–water partition coefficient (Wildman–Crippen LogP) is 3.29. The van der Waals surface area contributed by atoms with E-state index in [-0.39, 0.29) is 0 Å². The fourth-order valence-corrected chi connectivity index (χ4v) is 3.05. The van der Waals surface area contributed by atoms with Gasteiger partial charge in [-0.05, 0) is 42.5 Å². The number of aromatic nitrogens is 1. The molecule has 0 spiro atoms. The van der Waals surface area contributed by atoms with E-state index in [1.807, 2.05) is 0 Å². The number of nitrogens with two attached hydrogens (primary N) is 1. The van der Waals surface area contributed by atoms with Crippen LogP contribution in [-0.2, 0) is 13.0 Å². The quantitative estimate of drug-likeness (QED) is 0.887. The van der Waals surface area contributed by atoms with Crippen LogP contribution in [0.25, 0.3) is 10.9 Å². The van der Waals surface area contributed by atoms with Crippen LogP contribution < -0.4 is 5.73 Å². The highest BCUT2D eigenvalue weighted by Gasteiger charge is 2.20. The summed E-state index contributed by atoms with van der Waals surface area (Å²) in [5.74, 6) is -0.573. The molecule has 0 fully saturated rings. The van der Waals surface area contributed by atoms with Crippen molar-refractivity contribution in [2.45, 2.75) is 46.6 Å². The van der Waals surface area contributed by atoms with Crippen molar-refractivity contribution in [3.8, 4) is 0 Å². The van der Waals surface area contributed by atoms with Crippen molar-refractivity contribution in [3.63, 3.8) is 0 Å². The van der Waals surface area contributed by atoms with Gasteiger partial charge in [0.05, 0.1) is 11.1 Å². The molecule has 0 amide bonds. The molecule has 1 aromatic carbocycles. The number of carbonyl (C=O) groups is 1. The van der Waals surface area contributed by atoms with E-state index in [9.17, 15) is 9.90 Å². The van der Waals surface area contributed by atoms with Crippen molar-refractivity contribution in [1.82, 2.24) is 4.57 Å². The molecule has 0 saturated heterocycles. The van der Waals surface area contributed by atoms with E-state index in [2.05, 4.69) is 38.3 Å². The Bertz CT molecular complexity index is 684. The number of hydrogen-bond donors (Lipinski definition) is 2. The maximum atomic E-state index is 11.7. The van der Waals surface area contributed by atoms with Crippen LogP contribution >= 0.6 is 0 Å². The van der Waals surface area contributed by atoms with Crippen molar-refractivity contribution < 1.29 is 9.90 Å². The van der Waals surface area contributed by atoms with Gasteiger partial charge in [-0.25, -0.2) is 4.79 Å². The van der Waals surface area contributed by atoms with Gasteiger partial charge in [0.15, 0.2) is 0 Å². The second kappa shape index (κ2) is 5.90. The van der Waals surface area contributed by atoms with Crippen LogP contribution in [0, 0.1) is 6.92 Å². The zero-order chi connectivity index (χ0) is 15.7. The number of fused-ring (bicyclic) bond motifs is 1. The summed E-state index contributed by atoms with van der Waals surface area (Å²) in [5, 5.41) is 10.7. The molecule has 1 aromatic heterocycles. The van der Waals surface area contributed by atoms with Gasteiger partial charge in [0.25, 0.3) is 0 Å². The van der Waals surface area contributed by atoms with Crippen molar-refractivity contribution >= 4 is 16.9 Å². The van der Waals surface area contributed by atoms with Crippen molar-refractivity contribution in [1.29, 1.82) is 0 Å². The molecule has 0 unspecified atom stereocenters. The minimum atomic E-state index is -0.874. The second-order valence-electron chi connectivity index (χ2n) is 5.78. The Balaban J connectivity index is 2.92. The minimum absolute atomic E-state index is 0.301. The molecule has 2 rings (SSSR count). The highest BCUT2D eigenvalue weighted by Crippen LogP contribution is 2.32. The third-order valence-electron chi connectivity index (χ3n) is 4.17. The molecule has 0 bridgehead atoms. The summed E-state index contributed by atoms with van der Waals surface area (Å²) >= 11 is 0. The number of aryl methyl sites for hydroxylation is 1. The largest absolute Gasteiger partial charge is 0.478 e. The summed E-state index contributed by atoms with van der Waals surface area (Å²) in [4.78, 5) is 11.7. The third-order valence-corrected chi connectivity index (χ3v) is 4.17. The topological polar surface area (TPSA) is 68.2 Å². The van der Waals surface area contributed by atoms with E-state index in [1.54, 1.807) is 6.07 Å². The number of nitrogens with zero attached hydrogens (tertiary/aromatic N) is 1. The van der Waals surface area contributed by atoms with Gasteiger partial charge in [-0.15, -0.1) is 0 Å². The van der Waals surface area contributed by atoms with Gasteiger partial charge < -0.3 is 15.4 Å². The summed E-state index contributed by atoms with van der Waals surface area (Å²) < 4.78 is 2.06. The first-order chi connectivity index (χ1) is 9.92. The van der Waals surface area contributed by atoms with E-state index >= 15 is 0 Å². The fourth-order valence-electron chi connectivity index (χ4n) is 3.05. The second-order valence-corrected chi connectivity index (χ2v) is 5.78. The summed E-state index contributed by atoms with van der Waals surface area (Å²) in [6.45, 7) is 9.47. The van der Waals surface area contributed by atoms with Crippen molar-refractivity contribution in [3.05, 3.63) is 34.5 Å². The monoisotopic (exact) mass is 288 g/mol. The average molecular weight is 288 g/mol. The average Bonchev–Trinajstić information content (AvgIpc) is 2.70. The van der Waals surface area contributed by atoms with Crippen LogP contribution in [0.1, 0.15) is 53.9 Å². The Morgan fingerprint density at radius 3 is 2.52 bits per heavy atom. The van der Waals surface area contributed by atoms with Gasteiger partial charge in [0.1, 0.15) is 0 Å². The zero-order valence-electron chi connectivity index (χ0n) is 13.2. The lowest BCUT2D eigenvalue weighted by Gasteiger charge is -2.11. The van der Waals surface area contributed by atoms with Crippen LogP contribution in [0.2, 0.25) is 0 Å². The van der Waals surface area contributed by atoms with E-state index in [4.69, 9.17) is 5.73 Å². The zero-order valence-corrected chi connectivity index (χ0v) is 13.2. The molecule has 0 aliphatic carbocycles. The number of benzene rings is 1. The lowest BCUT2D eigenvalue weighted by atomic mass is 9.96. The fraction of sp³-hybridized carbons (Fsp3) is 0.471. The molecule has 0 radical (unpaired) electrons. The van der Waals surface area contributed by atoms with Crippen molar-refractivity contribution in [2.75, 3.05) is 6.54 Å². The molecule has 0 saturated carbocycles. The maximum Gasteiger partial charge on any atom is 0.337 e. The minimum Gasteiger partial charge on any atom is -0.478 e. The van der Waals surface area contributed by atoms with Gasteiger partial charge in [0, 0.05) is 24.2 Å². The van der Waals surface area contributed by atoms with Gasteiger partial charge in [-0.2, -0.15) is 0 Å². The van der Waals surface area contributed by atoms with Crippen molar-refractivity contribution in [2.24, 2.45) is 5.73 Å². The molecule has 0 aliphatic rings. The normalized spacial score (nSPS) is 11.5. The molecular weight excluding hydrogens is 264 g/mol. The smallest absolute Gasteiger partial charge is 0.337 e. The Morgan fingerprint density at radius 2 is 2.05 bits per heavy atom. The van der Waals surface area contributed by atoms with Crippen LogP contribution in [0.15, 0.2) is 12.1 Å². The van der Waals surface area contributed by atoms with E-state index in [1.165, 1.54) is 5.56 Å². The van der Waals surface area contributed by atoms with Gasteiger partial charge in [-0.1, -0.05) is 20.8 Å². The Hall–Kier alpha value is -1.81. The first-order valence-electron chi connectivity index (χ1n) is 7.51. The Kier molecular flexibility index (Phi) is 4.37. The SMILES string of the molecule is CCc1c(C)n(CCN)c2c(C(=O)O)cc(C(C)C)cc12. The first-order valence-corrected chi connectivity index (χ1v) is 7.51. The summed E-state index contributed by atoms with van der Waals surface area (Å²) in [5.41, 5.74) is 10.3. The van der Waals surface area contributed by atoms with E-state index in [0.717, 1.165) is 28.6 Å². The number of aromatic carboxylic acids is 1. The summed E-state index contributed by atoms with van der Waals surface area (Å²) in [7, 11) is 0. The van der Waals surface area contributed by atoms with Crippen LogP contribution in [0.4, 0.5) is 0 Å². The molecule has 1 heterocycles. The lowest BCUT2D eigenvalue weighted by Crippen LogP contribution is -2.13. The number of hydrogen-bond acceptors (Lipinski definition) is 2. The highest BCUT2D eigenvalue weighted by molar-refractivity contribution is 6.04. The van der Waals surface area contributed by atoms with E-state index < -0.39 is 5.97 Å². The van der Waals surface area contributed by atoms with Gasteiger partial charge in [0.2, 0.25) is 0 Å². The van der Waals surface area contributed by atoms with E-state index in [0.29, 0.717) is 24.6 Å². The maximum absolute atomic E-state index is 11.7. The van der Waals surface area contributed by atoms with Crippen LogP contribution in [0.3, 0.4) is 0 Å². The van der Waals surface area contributed by atoms with Crippen LogP contribution in [-0.4, -0.2) is 22.2 Å². The number of rotatable bonds is 5. The summed E-state index contributed by atoms with van der Waals surface area (Å²) in [6.07, 6.45) is 0.889. The summed E-state index contributed by atoms with van der Waals surface area (Å²) in [6, 6.07) is 3.95. The molecule has 3 N–H and O–H groups in total. The molecular formula is C17H24N2O2. The predicted molar refractivity (Wildman–Crippen MR) is 86.2 cm³/mol. The molecule has 4 nitrogen and oxygen atoms in total.